The van der Waals surface area contributed by atoms with E-state index in [0.29, 0.717) is 69.2 Å². The Kier molecular flexibility index (Phi) is 30.4. The van der Waals surface area contributed by atoms with Gasteiger partial charge in [-0.25, -0.2) is 9.97 Å². The van der Waals surface area contributed by atoms with Crippen LogP contribution < -0.4 is 26.6 Å². The number of nitrogens with zero attached hydrogens (tertiary/aromatic N) is 9. The van der Waals surface area contributed by atoms with Gasteiger partial charge in [0.25, 0.3) is 0 Å². The van der Waals surface area contributed by atoms with Gasteiger partial charge in [0.2, 0.25) is 34.9 Å². The van der Waals surface area contributed by atoms with E-state index in [1.807, 2.05) is 38.0 Å². The summed E-state index contributed by atoms with van der Waals surface area (Å²) in [5.74, 6) is 13.6. The van der Waals surface area contributed by atoms with E-state index < -0.39 is 12.1 Å². The summed E-state index contributed by atoms with van der Waals surface area (Å²) in [5.41, 5.74) is 1.44. The molecule has 0 unspecified atom stereocenters. The molecule has 0 spiro atoms. The third-order valence-corrected chi connectivity index (χ3v) is 10.7. The minimum Gasteiger partial charge on any atom is -0.379 e. The molecule has 2 aromatic rings. The summed E-state index contributed by atoms with van der Waals surface area (Å²) in [6, 6.07) is -1.11. The minimum atomic E-state index is -0.557. The molecule has 0 aromatic carbocycles. The third-order valence-electron chi connectivity index (χ3n) is 10.5. The average Bonchev–Trinajstić information content (AvgIpc) is 3.34. The second kappa shape index (κ2) is 35.3. The predicted octanol–water partition coefficient (Wildman–Crippen LogP) is 3.42. The molecular weight excluding hydrogens is 912 g/mol. The Bertz CT molecular complexity index is 2090. The van der Waals surface area contributed by atoms with Crippen molar-refractivity contribution in [3.8, 4) is 23.7 Å². The van der Waals surface area contributed by atoms with Gasteiger partial charge in [0.1, 0.15) is 23.7 Å². The highest BCUT2D eigenvalue weighted by molar-refractivity contribution is 6.28. The zero-order chi connectivity index (χ0) is 51.7. The molecule has 1 aliphatic rings. The van der Waals surface area contributed by atoms with Crippen LogP contribution in [0.5, 0.6) is 0 Å². The molecule has 19 nitrogen and oxygen atoms in total. The molecule has 1 saturated heterocycles. The lowest BCUT2D eigenvalue weighted by Crippen LogP contribution is -2.45. The summed E-state index contributed by atoms with van der Waals surface area (Å²) >= 11 is 5.85. The highest BCUT2D eigenvalue weighted by Gasteiger charge is 2.21. The smallest absolute Gasteiger partial charge is 0.246 e. The maximum atomic E-state index is 12.5. The molecule has 0 bridgehead atoms. The van der Waals surface area contributed by atoms with E-state index in [0.717, 1.165) is 76.7 Å². The standard InChI is InChI=1S/C28H46N8O3.C22H33ClN6O2/c1-6-13-29-26-24(22-32-28(33-26)31-15-17-36-18-20-39-21-19-36)11-8-7-9-14-30-27(38)23(2)35(5)25(37)12-10-16-34(3)4;1-6-13-24-20-18(16-26-22(23)27-20)11-8-7-9-14-25-21(31)17(2)29(5)19(30)12-10-15-28(3)4/h10,12,22-23H,6-7,9,13-21H2,1-5H3,(H,30,38)(H2,29,31,32,33);10,12,16-17H,6-7,9,13-15H2,1-5H3,(H,25,31)(H,24,26,27)/b2*12-10+/t23-;17-/m00/s1. The first-order valence-electron chi connectivity index (χ1n) is 24.2. The number of unbranched alkanes of at least 4 members (excludes halogenated alkanes) is 2. The number of likely N-dealkylation sites (N-methyl/N-ethyl adjacent to an activating group) is 4. The molecule has 3 rings (SSSR count). The average molecular weight is 992 g/mol. The number of aromatic nitrogens is 4. The summed E-state index contributed by atoms with van der Waals surface area (Å²) in [7, 11) is 11.0. The highest BCUT2D eigenvalue weighted by atomic mass is 35.5. The normalized spacial score (nSPS) is 13.3. The maximum absolute atomic E-state index is 12.5. The number of hydrogen-bond donors (Lipinski definition) is 5. The predicted molar refractivity (Wildman–Crippen MR) is 280 cm³/mol. The van der Waals surface area contributed by atoms with E-state index in [1.165, 1.54) is 22.0 Å². The van der Waals surface area contributed by atoms with Gasteiger partial charge in [-0.2, -0.15) is 9.97 Å². The van der Waals surface area contributed by atoms with E-state index in [-0.39, 0.29) is 28.9 Å². The maximum Gasteiger partial charge on any atom is 0.246 e. The molecule has 4 amide bonds. The SMILES string of the molecule is CCCNc1nc(Cl)ncc1C#CCCCNC(=O)[C@H](C)N(C)C(=O)/C=C/CN(C)C.CCCNc1nc(NCCN2CCOCC2)ncc1C#CCCCNC(=O)[C@H](C)N(C)C(=O)/C=C/CN(C)C. The highest BCUT2D eigenvalue weighted by Crippen LogP contribution is 2.15. The van der Waals surface area contributed by atoms with Crippen LogP contribution in [-0.2, 0) is 23.9 Å². The summed E-state index contributed by atoms with van der Waals surface area (Å²) in [6.45, 7) is 16.6. The van der Waals surface area contributed by atoms with Crippen molar-refractivity contribution < 1.29 is 23.9 Å². The van der Waals surface area contributed by atoms with Crippen LogP contribution in [0.1, 0.15) is 77.3 Å². The number of carbonyl (C=O) groups is 4. The first-order valence-corrected chi connectivity index (χ1v) is 24.6. The lowest BCUT2D eigenvalue weighted by Gasteiger charge is -2.26. The molecule has 0 saturated carbocycles. The molecule has 3 heterocycles. The largest absolute Gasteiger partial charge is 0.379 e. The summed E-state index contributed by atoms with van der Waals surface area (Å²) in [6.07, 6.45) is 14.4. The van der Waals surface area contributed by atoms with Crippen molar-refractivity contribution in [1.82, 2.24) is 55.1 Å². The number of hydrogen-bond acceptors (Lipinski definition) is 15. The van der Waals surface area contributed by atoms with Gasteiger partial charge in [0.05, 0.1) is 30.5 Å². The van der Waals surface area contributed by atoms with Gasteiger partial charge < -0.3 is 50.9 Å². The number of ether oxygens (including phenoxy) is 1. The van der Waals surface area contributed by atoms with Crippen molar-refractivity contribution in [3.05, 3.63) is 53.1 Å². The zero-order valence-corrected chi connectivity index (χ0v) is 44.0. The van der Waals surface area contributed by atoms with Crippen molar-refractivity contribution in [2.75, 3.05) is 137 Å². The molecule has 70 heavy (non-hydrogen) atoms. The topological polar surface area (TPSA) is 205 Å². The molecule has 2 aromatic heterocycles. The molecule has 0 aliphatic carbocycles. The monoisotopic (exact) mass is 991 g/mol. The van der Waals surface area contributed by atoms with Crippen LogP contribution in [0.2, 0.25) is 5.28 Å². The van der Waals surface area contributed by atoms with Crippen LogP contribution in [0.15, 0.2) is 36.7 Å². The number of morpholine rings is 1. The Labute approximate surface area is 422 Å². The molecular formula is C50H79ClN14O5. The molecule has 1 aliphatic heterocycles. The second-order valence-corrected chi connectivity index (χ2v) is 17.4. The lowest BCUT2D eigenvalue weighted by molar-refractivity contribution is -0.135. The summed E-state index contributed by atoms with van der Waals surface area (Å²) in [4.78, 5) is 75.5. The zero-order valence-electron chi connectivity index (χ0n) is 43.3. The van der Waals surface area contributed by atoms with Gasteiger partial charge >= 0.3 is 0 Å². The number of rotatable bonds is 26. The molecule has 1 fully saturated rings. The number of halogens is 1. The van der Waals surface area contributed by atoms with Crippen molar-refractivity contribution in [2.45, 2.75) is 78.3 Å². The van der Waals surface area contributed by atoms with Crippen molar-refractivity contribution >= 4 is 52.8 Å². The summed E-state index contributed by atoms with van der Waals surface area (Å²) in [5, 5.41) is 15.8. The van der Waals surface area contributed by atoms with Crippen molar-refractivity contribution in [2.24, 2.45) is 0 Å². The van der Waals surface area contributed by atoms with Gasteiger partial charge in [-0.3, -0.25) is 24.1 Å². The Hall–Kier alpha value is -5.83. The van der Waals surface area contributed by atoms with E-state index >= 15 is 0 Å². The van der Waals surface area contributed by atoms with Gasteiger partial charge in [0, 0.05) is 111 Å². The Morgan fingerprint density at radius 2 is 1.17 bits per heavy atom. The fourth-order valence-electron chi connectivity index (χ4n) is 6.00. The number of nitrogens with one attached hydrogen (secondary N) is 5. The van der Waals surface area contributed by atoms with Gasteiger partial charge in [-0.15, -0.1) is 0 Å². The first kappa shape index (κ1) is 60.3. The van der Waals surface area contributed by atoms with Crippen LogP contribution in [0, 0.1) is 23.7 Å². The van der Waals surface area contributed by atoms with Crippen LogP contribution >= 0.6 is 11.6 Å². The number of amides is 4. The van der Waals surface area contributed by atoms with Gasteiger partial charge in [0.15, 0.2) is 0 Å². The minimum absolute atomic E-state index is 0.178. The molecule has 5 N–H and O–H groups in total. The van der Waals surface area contributed by atoms with Gasteiger partial charge in [-0.05, 0) is 79.3 Å². The Morgan fingerprint density at radius 3 is 1.64 bits per heavy atom. The van der Waals surface area contributed by atoms with Crippen molar-refractivity contribution in [3.63, 3.8) is 0 Å². The summed E-state index contributed by atoms with van der Waals surface area (Å²) < 4.78 is 5.39. The molecule has 386 valence electrons. The fraction of sp³-hybridized carbons (Fsp3) is 0.600. The quantitative estimate of drug-likeness (QED) is 0.0397. The first-order chi connectivity index (χ1) is 33.6. The van der Waals surface area contributed by atoms with E-state index in [4.69, 9.17) is 16.3 Å². The Morgan fingerprint density at radius 1 is 0.700 bits per heavy atom. The van der Waals surface area contributed by atoms with Crippen LogP contribution in [0.4, 0.5) is 17.6 Å². The lowest BCUT2D eigenvalue weighted by atomic mass is 10.2. The van der Waals surface area contributed by atoms with Crippen LogP contribution in [0.25, 0.3) is 0 Å². The van der Waals surface area contributed by atoms with Crippen LogP contribution in [0.3, 0.4) is 0 Å². The fourth-order valence-corrected chi connectivity index (χ4v) is 6.14. The molecule has 2 atom stereocenters. The second-order valence-electron chi connectivity index (χ2n) is 17.1. The number of carbonyl (C=O) groups excluding carboxylic acids is 4. The Balaban J connectivity index is 0.000000493. The third kappa shape index (κ3) is 25.2. The molecule has 20 heteroatoms. The van der Waals surface area contributed by atoms with E-state index in [9.17, 15) is 19.2 Å². The van der Waals surface area contributed by atoms with Crippen LogP contribution in [-0.4, -0.2) is 201 Å². The van der Waals surface area contributed by atoms with E-state index in [1.54, 1.807) is 52.5 Å². The van der Waals surface area contributed by atoms with Crippen molar-refractivity contribution in [1.29, 1.82) is 0 Å². The van der Waals surface area contributed by atoms with Gasteiger partial charge in [-0.1, -0.05) is 49.7 Å². The number of anilines is 3. The van der Waals surface area contributed by atoms with E-state index in [2.05, 4.69) is 88.9 Å². The molecule has 0 radical (unpaired) electrons.